The van der Waals surface area contributed by atoms with Gasteiger partial charge in [-0.15, -0.1) is 0 Å². The molecule has 0 radical (unpaired) electrons. The Labute approximate surface area is 266 Å². The van der Waals surface area contributed by atoms with E-state index in [1.54, 1.807) is 0 Å². The zero-order valence-corrected chi connectivity index (χ0v) is 29.1. The highest BCUT2D eigenvalue weighted by Gasteiger charge is 2.69. The molecule has 4 fully saturated rings. The van der Waals surface area contributed by atoms with Crippen LogP contribution in [0.2, 0.25) is 0 Å². The normalized spacial score (nSPS) is 41.4. The first kappa shape index (κ1) is 36.1. The fourth-order valence-corrected chi connectivity index (χ4v) is 11.3. The van der Waals surface area contributed by atoms with Crippen LogP contribution in [-0.2, 0) is 14.9 Å². The first-order chi connectivity index (χ1) is 20.3. The van der Waals surface area contributed by atoms with Crippen molar-refractivity contribution in [1.29, 1.82) is 0 Å². The van der Waals surface area contributed by atoms with Crippen molar-refractivity contribution in [2.45, 2.75) is 123 Å². The molecular weight excluding hydrogens is 580 g/mol. The lowest BCUT2D eigenvalue weighted by molar-refractivity contribution is -0.890. The van der Waals surface area contributed by atoms with Crippen LogP contribution in [0.5, 0.6) is 0 Å². The highest BCUT2D eigenvalue weighted by Crippen LogP contribution is 2.72. The topological polar surface area (TPSA) is 144 Å². The van der Waals surface area contributed by atoms with E-state index >= 15 is 0 Å². The van der Waals surface area contributed by atoms with E-state index in [-0.39, 0.29) is 63.8 Å². The summed E-state index contributed by atoms with van der Waals surface area (Å²) >= 11 is 0. The van der Waals surface area contributed by atoms with Crippen molar-refractivity contribution in [3.05, 3.63) is 0 Å². The molecule has 10 heteroatoms. The number of carbonyl (C=O) groups excluding carboxylic acids is 1. The molecule has 4 saturated carbocycles. The first-order valence-corrected chi connectivity index (χ1v) is 19.0. The lowest BCUT2D eigenvalue weighted by atomic mass is 9.41. The third-order valence-electron chi connectivity index (χ3n) is 14.0. The van der Waals surface area contributed by atoms with Gasteiger partial charge in [0.15, 0.2) is 0 Å². The summed E-state index contributed by atoms with van der Waals surface area (Å²) in [6, 6.07) is 0. The number of hydrogen-bond acceptors (Lipinski definition) is 6. The smallest absolute Gasteiger partial charge is 0.264 e. The van der Waals surface area contributed by atoms with Gasteiger partial charge in [-0.2, -0.15) is 8.42 Å². The monoisotopic (exact) mass is 643 g/mol. The van der Waals surface area contributed by atoms with E-state index in [1.165, 1.54) is 0 Å². The first-order valence-electron chi connectivity index (χ1n) is 17.4. The molecule has 4 aliphatic carbocycles. The number of nitrogens with zero attached hydrogens (tertiary/aromatic N) is 1. The van der Waals surface area contributed by atoms with E-state index in [4.69, 9.17) is 4.55 Å². The summed E-state index contributed by atoms with van der Waals surface area (Å²) in [6.45, 7) is 11.5. The molecule has 0 aromatic carbocycles. The second-order valence-electron chi connectivity index (χ2n) is 16.7. The predicted molar refractivity (Wildman–Crippen MR) is 172 cm³/mol. The lowest BCUT2D eigenvalue weighted by Crippen LogP contribution is -2.63. The van der Waals surface area contributed by atoms with Gasteiger partial charge in [0.05, 0.1) is 51.2 Å². The van der Waals surface area contributed by atoms with Crippen LogP contribution in [0.15, 0.2) is 0 Å². The molecule has 1 amide bonds. The van der Waals surface area contributed by atoms with Gasteiger partial charge in [-0.05, 0) is 105 Å². The Hall–Kier alpha value is -0.780. The predicted octanol–water partition coefficient (Wildman–Crippen LogP) is 4.00. The van der Waals surface area contributed by atoms with E-state index in [0.29, 0.717) is 31.7 Å². The van der Waals surface area contributed by atoms with Crippen molar-refractivity contribution < 1.29 is 37.6 Å². The van der Waals surface area contributed by atoms with Crippen LogP contribution in [0.1, 0.15) is 105 Å². The minimum absolute atomic E-state index is 0.0593. The standard InChI is InChI=1S/C34H62N2O7S/c1-23(10-11-30(40)35-16-9-18-36(5,6)17-7-8-19-44(41,42)43)33(3)15-13-26-31-27(22-29(39)34(26,33)4)32(2)14-12-25(37)20-24(32)21-28(31)38/h23-29,31,37-39H,7-22H2,1-6H3,(H-,35,40,41,42,43)/p+1/t23-,24?,25-,26?,27?,28-,29+,31?,32+,33-,34-/m1/s1. The number of unbranched alkanes of at least 4 members (excludes halogenated alkanes) is 1. The number of aliphatic hydroxyl groups excluding tert-OH is 3. The molecule has 0 aromatic heterocycles. The molecule has 4 unspecified atom stereocenters. The third-order valence-corrected chi connectivity index (χ3v) is 14.8. The van der Waals surface area contributed by atoms with Gasteiger partial charge in [0.25, 0.3) is 10.1 Å². The van der Waals surface area contributed by atoms with Crippen LogP contribution in [0.25, 0.3) is 0 Å². The number of fused-ring (bicyclic) bond motifs is 5. The molecule has 4 aliphatic rings. The van der Waals surface area contributed by atoms with E-state index < -0.39 is 16.2 Å². The summed E-state index contributed by atoms with van der Waals surface area (Å²) < 4.78 is 31.5. The van der Waals surface area contributed by atoms with Crippen molar-refractivity contribution in [2.75, 3.05) is 39.5 Å². The van der Waals surface area contributed by atoms with Gasteiger partial charge >= 0.3 is 0 Å². The van der Waals surface area contributed by atoms with Gasteiger partial charge in [0, 0.05) is 24.8 Å². The second kappa shape index (κ2) is 13.4. The molecular formula is C34H63N2O7S+. The summed E-state index contributed by atoms with van der Waals surface area (Å²) in [4.78, 5) is 12.8. The summed E-state index contributed by atoms with van der Waals surface area (Å²) in [5.41, 5.74) is -0.377. The molecule has 0 heterocycles. The average molecular weight is 644 g/mol. The Morgan fingerprint density at radius 3 is 2.32 bits per heavy atom. The minimum atomic E-state index is -3.90. The van der Waals surface area contributed by atoms with E-state index in [1.807, 2.05) is 0 Å². The lowest BCUT2D eigenvalue weighted by Gasteiger charge is -2.65. The molecule has 0 saturated heterocycles. The maximum Gasteiger partial charge on any atom is 0.264 e. The molecule has 0 bridgehead atoms. The Morgan fingerprint density at radius 1 is 0.955 bits per heavy atom. The molecule has 44 heavy (non-hydrogen) atoms. The molecule has 256 valence electrons. The SMILES string of the molecule is C[C@H](CCC(=O)NCCC[N+](C)(C)CCCCS(=O)(=O)O)[C@@]1(C)CCC2C3C(C[C@H](O)[C@@]21C)[C@@]1(C)CC[C@@H](O)CC1C[C@H]3O. The van der Waals surface area contributed by atoms with Crippen molar-refractivity contribution in [3.63, 3.8) is 0 Å². The number of hydrogen-bond donors (Lipinski definition) is 5. The molecule has 11 atom stereocenters. The zero-order valence-electron chi connectivity index (χ0n) is 28.3. The van der Waals surface area contributed by atoms with Crippen LogP contribution in [0, 0.1) is 45.8 Å². The van der Waals surface area contributed by atoms with E-state index in [9.17, 15) is 28.5 Å². The molecule has 0 aliphatic heterocycles. The number of quaternary nitrogens is 1. The molecule has 9 nitrogen and oxygen atoms in total. The van der Waals surface area contributed by atoms with Gasteiger partial charge in [0.1, 0.15) is 0 Å². The number of amides is 1. The maximum atomic E-state index is 12.8. The molecule has 0 aromatic rings. The van der Waals surface area contributed by atoms with Gasteiger partial charge in [-0.3, -0.25) is 9.35 Å². The van der Waals surface area contributed by atoms with Crippen molar-refractivity contribution in [2.24, 2.45) is 45.8 Å². The Balaban J connectivity index is 1.28. The molecule has 5 N–H and O–H groups in total. The quantitative estimate of drug-likeness (QED) is 0.116. The van der Waals surface area contributed by atoms with E-state index in [2.05, 4.69) is 47.1 Å². The van der Waals surface area contributed by atoms with Gasteiger partial charge in [0.2, 0.25) is 5.91 Å². The maximum absolute atomic E-state index is 12.8. The van der Waals surface area contributed by atoms with Gasteiger partial charge < -0.3 is 25.1 Å². The van der Waals surface area contributed by atoms with Gasteiger partial charge in [-0.1, -0.05) is 27.7 Å². The fourth-order valence-electron chi connectivity index (χ4n) is 10.7. The minimum Gasteiger partial charge on any atom is -0.393 e. The van der Waals surface area contributed by atoms with Crippen LogP contribution in [0.3, 0.4) is 0 Å². The van der Waals surface area contributed by atoms with Crippen LogP contribution < -0.4 is 5.32 Å². The summed E-state index contributed by atoms with van der Waals surface area (Å²) in [7, 11) is 0.289. The number of nitrogens with one attached hydrogen (secondary N) is 1. The highest BCUT2D eigenvalue weighted by molar-refractivity contribution is 7.85. The summed E-state index contributed by atoms with van der Waals surface area (Å²) in [5.74, 6) is 1.14. The largest absolute Gasteiger partial charge is 0.393 e. The number of rotatable bonds is 13. The average Bonchev–Trinajstić information content (AvgIpc) is 3.21. The van der Waals surface area contributed by atoms with Crippen LogP contribution in [-0.4, -0.2) is 96.5 Å². The molecule has 0 spiro atoms. The number of aliphatic hydroxyl groups is 3. The van der Waals surface area contributed by atoms with Crippen molar-refractivity contribution in [3.8, 4) is 0 Å². The number of carbonyl (C=O) groups is 1. The van der Waals surface area contributed by atoms with Crippen molar-refractivity contribution in [1.82, 2.24) is 5.32 Å². The molecule has 4 rings (SSSR count). The van der Waals surface area contributed by atoms with Gasteiger partial charge in [-0.25, -0.2) is 0 Å². The highest BCUT2D eigenvalue weighted by atomic mass is 32.2. The Bertz CT molecular complexity index is 1120. The zero-order chi connectivity index (χ0) is 32.7. The third kappa shape index (κ3) is 7.20. The Kier molecular flexibility index (Phi) is 11.0. The Morgan fingerprint density at radius 2 is 1.64 bits per heavy atom. The summed E-state index contributed by atoms with van der Waals surface area (Å²) in [5, 5.41) is 37.0. The van der Waals surface area contributed by atoms with Crippen molar-refractivity contribution >= 4 is 16.0 Å². The summed E-state index contributed by atoms with van der Waals surface area (Å²) in [6.07, 6.45) is 8.15. The fraction of sp³-hybridized carbons (Fsp3) is 0.971. The van der Waals surface area contributed by atoms with Crippen LogP contribution >= 0.6 is 0 Å². The van der Waals surface area contributed by atoms with Crippen LogP contribution in [0.4, 0.5) is 0 Å². The van der Waals surface area contributed by atoms with E-state index in [0.717, 1.165) is 75.4 Å². The second-order valence-corrected chi connectivity index (χ2v) is 18.3.